The van der Waals surface area contributed by atoms with Crippen LogP contribution in [-0.4, -0.2) is 87.7 Å². The number of guanidine groups is 1. The number of methoxy groups -OCH3 is 2. The molecule has 2 aliphatic rings. The molecule has 0 unspecified atom stereocenters. The van der Waals surface area contributed by atoms with Crippen LogP contribution in [0.5, 0.6) is 11.5 Å². The fraction of sp³-hybridized carbons (Fsp3) is 0.667. The molecule has 2 fully saturated rings. The van der Waals surface area contributed by atoms with E-state index in [1.54, 1.807) is 14.2 Å². The van der Waals surface area contributed by atoms with Crippen LogP contribution in [0.1, 0.15) is 39.2 Å². The Kier molecular flexibility index (Phi) is 8.23. The van der Waals surface area contributed by atoms with E-state index < -0.39 is 0 Å². The van der Waals surface area contributed by atoms with Gasteiger partial charge >= 0.3 is 0 Å². The maximum atomic E-state index is 12.1. The van der Waals surface area contributed by atoms with Crippen molar-refractivity contribution in [3.8, 4) is 11.5 Å². The molecule has 1 aliphatic carbocycles. The molecule has 0 bridgehead atoms. The van der Waals surface area contributed by atoms with E-state index in [0.29, 0.717) is 19.1 Å². The molecule has 1 amide bonds. The molecular weight excluding hydrogens is 406 g/mol. The number of nitrogens with one attached hydrogen (secondary N) is 2. The lowest BCUT2D eigenvalue weighted by atomic mass is 9.84. The van der Waals surface area contributed by atoms with Gasteiger partial charge in [-0.15, -0.1) is 0 Å². The van der Waals surface area contributed by atoms with Crippen LogP contribution < -0.4 is 20.1 Å². The van der Waals surface area contributed by atoms with Gasteiger partial charge in [0.1, 0.15) is 0 Å². The number of piperazine rings is 1. The molecule has 8 nitrogen and oxygen atoms in total. The van der Waals surface area contributed by atoms with Crippen molar-refractivity contribution >= 4 is 11.9 Å². The van der Waals surface area contributed by atoms with Crippen molar-refractivity contribution in [3.63, 3.8) is 0 Å². The van der Waals surface area contributed by atoms with Crippen molar-refractivity contribution in [1.29, 1.82) is 0 Å². The molecule has 0 atom stereocenters. The van der Waals surface area contributed by atoms with Gasteiger partial charge in [0.25, 0.3) is 0 Å². The topological polar surface area (TPSA) is 78.4 Å². The smallest absolute Gasteiger partial charge is 0.234 e. The maximum absolute atomic E-state index is 12.1. The molecule has 8 heteroatoms. The van der Waals surface area contributed by atoms with Crippen LogP contribution in [0.15, 0.2) is 23.2 Å². The summed E-state index contributed by atoms with van der Waals surface area (Å²) in [7, 11) is 3.31. The summed E-state index contributed by atoms with van der Waals surface area (Å²) < 4.78 is 10.8. The standard InChI is InChI=1S/C24H39N5O3/c1-6-25-23(29-13-11-28(12-14-29)16-22(30)27-19-8-9-19)26-17-24(2,3)18-7-10-20(31-4)21(15-18)32-5/h7,10,15,19H,6,8-9,11-14,16-17H2,1-5H3,(H,25,26)(H,27,30). The Labute approximate surface area is 192 Å². The van der Waals surface area contributed by atoms with Crippen molar-refractivity contribution in [3.05, 3.63) is 23.8 Å². The second-order valence-electron chi connectivity index (χ2n) is 9.23. The number of nitrogens with zero attached hydrogens (tertiary/aromatic N) is 3. The molecule has 2 N–H and O–H groups in total. The minimum Gasteiger partial charge on any atom is -0.493 e. The molecule has 1 saturated carbocycles. The largest absolute Gasteiger partial charge is 0.493 e. The van der Waals surface area contributed by atoms with Gasteiger partial charge in [-0.2, -0.15) is 0 Å². The fourth-order valence-electron chi connectivity index (χ4n) is 3.87. The predicted molar refractivity (Wildman–Crippen MR) is 128 cm³/mol. The summed E-state index contributed by atoms with van der Waals surface area (Å²) in [6.07, 6.45) is 2.25. The molecule has 3 rings (SSSR count). The van der Waals surface area contributed by atoms with Crippen LogP contribution in [-0.2, 0) is 10.2 Å². The quantitative estimate of drug-likeness (QED) is 0.446. The van der Waals surface area contributed by atoms with E-state index in [0.717, 1.165) is 68.6 Å². The lowest BCUT2D eigenvalue weighted by Gasteiger charge is -2.36. The summed E-state index contributed by atoms with van der Waals surface area (Å²) in [5, 5.41) is 6.52. The molecule has 32 heavy (non-hydrogen) atoms. The number of carbonyl (C=O) groups is 1. The van der Waals surface area contributed by atoms with Gasteiger partial charge in [0.15, 0.2) is 17.5 Å². The Morgan fingerprint density at radius 2 is 1.81 bits per heavy atom. The zero-order valence-corrected chi connectivity index (χ0v) is 20.2. The molecule has 1 saturated heterocycles. The van der Waals surface area contributed by atoms with Gasteiger partial charge in [-0.3, -0.25) is 14.7 Å². The molecular formula is C24H39N5O3. The fourth-order valence-corrected chi connectivity index (χ4v) is 3.87. The molecule has 1 aliphatic heterocycles. The van der Waals surface area contributed by atoms with E-state index in [9.17, 15) is 4.79 Å². The molecule has 0 aromatic heterocycles. The van der Waals surface area contributed by atoms with Gasteiger partial charge in [-0.1, -0.05) is 19.9 Å². The zero-order chi connectivity index (χ0) is 23.1. The summed E-state index contributed by atoms with van der Waals surface area (Å²) in [4.78, 5) is 21.6. The monoisotopic (exact) mass is 445 g/mol. The first-order valence-corrected chi connectivity index (χ1v) is 11.6. The average Bonchev–Trinajstić information content (AvgIpc) is 3.60. The number of ether oxygens (including phenoxy) is 2. The molecule has 1 aromatic carbocycles. The predicted octanol–water partition coefficient (Wildman–Crippen LogP) is 1.84. The van der Waals surface area contributed by atoms with Gasteiger partial charge in [-0.05, 0) is 37.5 Å². The minimum absolute atomic E-state index is 0.151. The Bertz CT molecular complexity index is 799. The summed E-state index contributed by atoms with van der Waals surface area (Å²) in [6.45, 7) is 11.9. The number of amides is 1. The normalized spacial score (nSPS) is 17.8. The van der Waals surface area contributed by atoms with E-state index in [4.69, 9.17) is 14.5 Å². The highest BCUT2D eigenvalue weighted by Gasteiger charge is 2.27. The third-order valence-corrected chi connectivity index (χ3v) is 6.11. The van der Waals surface area contributed by atoms with Crippen molar-refractivity contribution in [2.75, 3.05) is 60.0 Å². The Balaban J connectivity index is 1.60. The van der Waals surface area contributed by atoms with Crippen molar-refractivity contribution in [2.24, 2.45) is 4.99 Å². The van der Waals surface area contributed by atoms with E-state index in [1.165, 1.54) is 0 Å². The first-order chi connectivity index (χ1) is 15.4. The van der Waals surface area contributed by atoms with E-state index in [2.05, 4.69) is 47.3 Å². The van der Waals surface area contributed by atoms with Crippen LogP contribution in [0, 0.1) is 0 Å². The summed E-state index contributed by atoms with van der Waals surface area (Å²) in [6, 6.07) is 6.48. The van der Waals surface area contributed by atoms with Gasteiger partial charge in [-0.25, -0.2) is 0 Å². The molecule has 1 heterocycles. The SMILES string of the molecule is CCNC(=NCC(C)(C)c1ccc(OC)c(OC)c1)N1CCN(CC(=O)NC2CC2)CC1. The average molecular weight is 446 g/mol. The van der Waals surface area contributed by atoms with E-state index in [-0.39, 0.29) is 11.3 Å². The number of carbonyl (C=O) groups excluding carboxylic acids is 1. The first-order valence-electron chi connectivity index (χ1n) is 11.6. The molecule has 178 valence electrons. The Hall–Kier alpha value is -2.48. The van der Waals surface area contributed by atoms with Gasteiger partial charge in [0.2, 0.25) is 5.91 Å². The third-order valence-electron chi connectivity index (χ3n) is 6.11. The van der Waals surface area contributed by atoms with Crippen molar-refractivity contribution in [2.45, 2.75) is 45.1 Å². The van der Waals surface area contributed by atoms with Crippen LogP contribution >= 0.6 is 0 Å². The van der Waals surface area contributed by atoms with Crippen LogP contribution in [0.4, 0.5) is 0 Å². The summed E-state index contributed by atoms with van der Waals surface area (Å²) in [5.74, 6) is 2.55. The Morgan fingerprint density at radius 1 is 1.12 bits per heavy atom. The third kappa shape index (κ3) is 6.51. The number of benzene rings is 1. The lowest BCUT2D eigenvalue weighted by molar-refractivity contribution is -0.122. The first kappa shape index (κ1) is 24.2. The highest BCUT2D eigenvalue weighted by atomic mass is 16.5. The van der Waals surface area contributed by atoms with Crippen molar-refractivity contribution < 1.29 is 14.3 Å². The van der Waals surface area contributed by atoms with Crippen LogP contribution in [0.25, 0.3) is 0 Å². The minimum atomic E-state index is -0.164. The van der Waals surface area contributed by atoms with Crippen LogP contribution in [0.3, 0.4) is 0 Å². The summed E-state index contributed by atoms with van der Waals surface area (Å²) in [5.41, 5.74) is 0.990. The number of aliphatic imine (C=N–C) groups is 1. The Morgan fingerprint density at radius 3 is 2.41 bits per heavy atom. The maximum Gasteiger partial charge on any atom is 0.234 e. The molecule has 0 spiro atoms. The second kappa shape index (κ2) is 10.9. The van der Waals surface area contributed by atoms with E-state index in [1.807, 2.05) is 12.1 Å². The number of rotatable bonds is 9. The van der Waals surface area contributed by atoms with Gasteiger partial charge in [0.05, 0.1) is 27.3 Å². The van der Waals surface area contributed by atoms with Gasteiger partial charge in [0, 0.05) is 44.2 Å². The van der Waals surface area contributed by atoms with E-state index >= 15 is 0 Å². The summed E-state index contributed by atoms with van der Waals surface area (Å²) >= 11 is 0. The number of hydrogen-bond acceptors (Lipinski definition) is 5. The lowest BCUT2D eigenvalue weighted by Crippen LogP contribution is -2.54. The number of hydrogen-bond donors (Lipinski definition) is 2. The van der Waals surface area contributed by atoms with Crippen LogP contribution in [0.2, 0.25) is 0 Å². The molecule has 0 radical (unpaired) electrons. The second-order valence-corrected chi connectivity index (χ2v) is 9.23. The van der Waals surface area contributed by atoms with Crippen molar-refractivity contribution in [1.82, 2.24) is 20.4 Å². The zero-order valence-electron chi connectivity index (χ0n) is 20.2. The highest BCUT2D eigenvalue weighted by Crippen LogP contribution is 2.33. The highest BCUT2D eigenvalue weighted by molar-refractivity contribution is 5.80. The van der Waals surface area contributed by atoms with Gasteiger partial charge < -0.3 is 25.0 Å². The molecule has 1 aromatic rings.